The zero-order valence-electron chi connectivity index (χ0n) is 14.2. The van der Waals surface area contributed by atoms with Crippen molar-refractivity contribution in [2.75, 3.05) is 19.8 Å². The SMILES string of the molecule is NCC1CCCCC1NC(=O)c1cccc(OCC2CCCO2)c1. The van der Waals surface area contributed by atoms with E-state index >= 15 is 0 Å². The van der Waals surface area contributed by atoms with Gasteiger partial charge in [0.2, 0.25) is 0 Å². The van der Waals surface area contributed by atoms with E-state index < -0.39 is 0 Å². The van der Waals surface area contributed by atoms with Gasteiger partial charge in [0.1, 0.15) is 12.4 Å². The quantitative estimate of drug-likeness (QED) is 0.839. The van der Waals surface area contributed by atoms with E-state index in [2.05, 4.69) is 5.32 Å². The molecular weight excluding hydrogens is 304 g/mol. The molecule has 132 valence electrons. The molecule has 0 aromatic heterocycles. The molecule has 1 aliphatic carbocycles. The Labute approximate surface area is 143 Å². The van der Waals surface area contributed by atoms with Crippen LogP contribution in [0.25, 0.3) is 0 Å². The summed E-state index contributed by atoms with van der Waals surface area (Å²) in [7, 11) is 0. The topological polar surface area (TPSA) is 73.6 Å². The summed E-state index contributed by atoms with van der Waals surface area (Å²) in [6, 6.07) is 7.57. The molecule has 0 bridgehead atoms. The minimum atomic E-state index is -0.0390. The van der Waals surface area contributed by atoms with Crippen LogP contribution in [0.1, 0.15) is 48.9 Å². The fourth-order valence-electron chi connectivity index (χ4n) is 3.62. The molecular formula is C19H28N2O3. The summed E-state index contributed by atoms with van der Waals surface area (Å²) in [4.78, 5) is 12.6. The Morgan fingerprint density at radius 2 is 2.12 bits per heavy atom. The number of hydrogen-bond donors (Lipinski definition) is 2. The minimum Gasteiger partial charge on any atom is -0.491 e. The van der Waals surface area contributed by atoms with Crippen LogP contribution in [0.4, 0.5) is 0 Å². The maximum Gasteiger partial charge on any atom is 0.251 e. The molecule has 0 radical (unpaired) electrons. The molecule has 1 heterocycles. The first-order valence-electron chi connectivity index (χ1n) is 9.11. The first-order valence-corrected chi connectivity index (χ1v) is 9.11. The van der Waals surface area contributed by atoms with Gasteiger partial charge in [-0.3, -0.25) is 4.79 Å². The lowest BCUT2D eigenvalue weighted by molar-refractivity contribution is 0.0679. The van der Waals surface area contributed by atoms with Crippen molar-refractivity contribution in [1.29, 1.82) is 0 Å². The van der Waals surface area contributed by atoms with Crippen molar-refractivity contribution in [2.45, 2.75) is 50.7 Å². The van der Waals surface area contributed by atoms with E-state index in [4.69, 9.17) is 15.2 Å². The number of carbonyl (C=O) groups excluding carboxylic acids is 1. The lowest BCUT2D eigenvalue weighted by Gasteiger charge is -2.31. The predicted octanol–water partition coefficient (Wildman–Crippen LogP) is 2.49. The zero-order valence-corrected chi connectivity index (χ0v) is 14.2. The molecule has 5 nitrogen and oxygen atoms in total. The van der Waals surface area contributed by atoms with Crippen molar-refractivity contribution in [3.05, 3.63) is 29.8 Å². The minimum absolute atomic E-state index is 0.0390. The second-order valence-corrected chi connectivity index (χ2v) is 6.83. The molecule has 0 spiro atoms. The number of rotatable bonds is 6. The third-order valence-corrected chi connectivity index (χ3v) is 5.08. The number of nitrogens with two attached hydrogens (primary N) is 1. The fourth-order valence-corrected chi connectivity index (χ4v) is 3.62. The summed E-state index contributed by atoms with van der Waals surface area (Å²) in [5.74, 6) is 1.07. The molecule has 3 rings (SSSR count). The Bertz CT molecular complexity index is 543. The van der Waals surface area contributed by atoms with Gasteiger partial charge in [-0.05, 0) is 56.3 Å². The smallest absolute Gasteiger partial charge is 0.251 e. The first kappa shape index (κ1) is 17.2. The van der Waals surface area contributed by atoms with E-state index in [1.165, 1.54) is 6.42 Å². The molecule has 1 saturated carbocycles. The average molecular weight is 332 g/mol. The van der Waals surface area contributed by atoms with Crippen molar-refractivity contribution in [3.63, 3.8) is 0 Å². The summed E-state index contributed by atoms with van der Waals surface area (Å²) in [5.41, 5.74) is 6.49. The molecule has 1 aromatic carbocycles. The van der Waals surface area contributed by atoms with Gasteiger partial charge < -0.3 is 20.5 Å². The van der Waals surface area contributed by atoms with E-state index in [1.807, 2.05) is 24.3 Å². The third-order valence-electron chi connectivity index (χ3n) is 5.08. The molecule has 1 aromatic rings. The number of carbonyl (C=O) groups is 1. The first-order chi connectivity index (χ1) is 11.8. The highest BCUT2D eigenvalue weighted by Crippen LogP contribution is 2.24. The second-order valence-electron chi connectivity index (χ2n) is 6.83. The summed E-state index contributed by atoms with van der Waals surface area (Å²) < 4.78 is 11.3. The largest absolute Gasteiger partial charge is 0.491 e. The Balaban J connectivity index is 1.56. The van der Waals surface area contributed by atoms with Crippen LogP contribution >= 0.6 is 0 Å². The molecule has 5 heteroatoms. The summed E-state index contributed by atoms with van der Waals surface area (Å²) in [5, 5.41) is 3.16. The van der Waals surface area contributed by atoms with E-state index in [1.54, 1.807) is 0 Å². The van der Waals surface area contributed by atoms with Crippen LogP contribution in [0.15, 0.2) is 24.3 Å². The van der Waals surface area contributed by atoms with Gasteiger partial charge in [0.25, 0.3) is 5.91 Å². The van der Waals surface area contributed by atoms with E-state index in [-0.39, 0.29) is 18.1 Å². The van der Waals surface area contributed by atoms with Crippen molar-refractivity contribution in [2.24, 2.45) is 11.7 Å². The van der Waals surface area contributed by atoms with Gasteiger partial charge in [-0.15, -0.1) is 0 Å². The van der Waals surface area contributed by atoms with Crippen LogP contribution in [0.3, 0.4) is 0 Å². The highest BCUT2D eigenvalue weighted by atomic mass is 16.5. The second kappa shape index (κ2) is 8.49. The Morgan fingerprint density at radius 1 is 1.25 bits per heavy atom. The maximum absolute atomic E-state index is 12.6. The van der Waals surface area contributed by atoms with Gasteiger partial charge in [0.15, 0.2) is 0 Å². The van der Waals surface area contributed by atoms with E-state index in [9.17, 15) is 4.79 Å². The standard InChI is InChI=1S/C19H28N2O3/c20-12-15-5-1-2-9-18(15)21-19(22)14-6-3-7-16(11-14)24-13-17-8-4-10-23-17/h3,6-7,11,15,17-18H,1-2,4-5,8-10,12-13,20H2,(H,21,22). The number of benzene rings is 1. The van der Waals surface area contributed by atoms with Gasteiger partial charge in [-0.25, -0.2) is 0 Å². The number of nitrogens with one attached hydrogen (secondary N) is 1. The number of amides is 1. The highest BCUT2D eigenvalue weighted by molar-refractivity contribution is 5.94. The molecule has 1 saturated heterocycles. The summed E-state index contributed by atoms with van der Waals surface area (Å²) in [6.07, 6.45) is 6.81. The third kappa shape index (κ3) is 4.48. The van der Waals surface area contributed by atoms with Crippen molar-refractivity contribution < 1.29 is 14.3 Å². The average Bonchev–Trinajstić information content (AvgIpc) is 3.14. The molecule has 2 fully saturated rings. The van der Waals surface area contributed by atoms with Crippen LogP contribution in [0.5, 0.6) is 5.75 Å². The molecule has 3 atom stereocenters. The highest BCUT2D eigenvalue weighted by Gasteiger charge is 2.25. The monoisotopic (exact) mass is 332 g/mol. The number of ether oxygens (including phenoxy) is 2. The van der Waals surface area contributed by atoms with Gasteiger partial charge in [-0.2, -0.15) is 0 Å². The summed E-state index contributed by atoms with van der Waals surface area (Å²) >= 11 is 0. The zero-order chi connectivity index (χ0) is 16.8. The molecule has 1 aliphatic heterocycles. The maximum atomic E-state index is 12.6. The summed E-state index contributed by atoms with van der Waals surface area (Å²) in [6.45, 7) is 2.00. The number of hydrogen-bond acceptors (Lipinski definition) is 4. The van der Waals surface area contributed by atoms with Crippen LogP contribution in [0, 0.1) is 5.92 Å². The van der Waals surface area contributed by atoms with E-state index in [0.717, 1.165) is 44.5 Å². The predicted molar refractivity (Wildman–Crippen MR) is 93.2 cm³/mol. The Morgan fingerprint density at radius 3 is 2.92 bits per heavy atom. The van der Waals surface area contributed by atoms with Crippen molar-refractivity contribution >= 4 is 5.91 Å². The van der Waals surface area contributed by atoms with E-state index in [0.29, 0.717) is 24.6 Å². The lowest BCUT2D eigenvalue weighted by Crippen LogP contribution is -2.44. The van der Waals surface area contributed by atoms with Crippen LogP contribution < -0.4 is 15.8 Å². The van der Waals surface area contributed by atoms with Crippen LogP contribution in [-0.2, 0) is 4.74 Å². The van der Waals surface area contributed by atoms with Crippen molar-refractivity contribution in [1.82, 2.24) is 5.32 Å². The van der Waals surface area contributed by atoms with Crippen LogP contribution in [-0.4, -0.2) is 37.8 Å². The molecule has 2 aliphatic rings. The fraction of sp³-hybridized carbons (Fsp3) is 0.632. The normalized spacial score (nSPS) is 27.0. The van der Waals surface area contributed by atoms with Gasteiger partial charge in [-0.1, -0.05) is 18.9 Å². The molecule has 3 N–H and O–H groups in total. The molecule has 1 amide bonds. The molecule has 24 heavy (non-hydrogen) atoms. The van der Waals surface area contributed by atoms with Gasteiger partial charge in [0, 0.05) is 18.2 Å². The Hall–Kier alpha value is -1.59. The molecule has 3 unspecified atom stereocenters. The Kier molecular flexibility index (Phi) is 6.10. The van der Waals surface area contributed by atoms with Crippen molar-refractivity contribution in [3.8, 4) is 5.75 Å². The lowest BCUT2D eigenvalue weighted by atomic mass is 9.84. The van der Waals surface area contributed by atoms with Gasteiger partial charge >= 0.3 is 0 Å². The van der Waals surface area contributed by atoms with Crippen LogP contribution in [0.2, 0.25) is 0 Å². The van der Waals surface area contributed by atoms with Gasteiger partial charge in [0.05, 0.1) is 6.10 Å².